The minimum absolute atomic E-state index is 0.0807. The van der Waals surface area contributed by atoms with Crippen molar-refractivity contribution < 1.29 is 13.4 Å². The highest BCUT2D eigenvalue weighted by atomic mass is 32.2. The molecule has 4 heteroatoms. The Kier molecular flexibility index (Phi) is 3.74. The number of ketones is 1. The van der Waals surface area contributed by atoms with E-state index in [2.05, 4.69) is 0 Å². The molecule has 2 rings (SSSR count). The number of hydrogen-bond donors (Lipinski definition) is 0. The van der Waals surface area contributed by atoms with Crippen LogP contribution in [0.3, 0.4) is 0 Å². The number of para-hydroxylation sites is 1. The maximum absolute atomic E-state index is 12.0. The van der Waals surface area contributed by atoms with Crippen molar-refractivity contribution in [3.8, 4) is 0 Å². The van der Waals surface area contributed by atoms with Crippen molar-refractivity contribution in [3.05, 3.63) is 36.1 Å². The van der Waals surface area contributed by atoms with Gasteiger partial charge in [0.25, 0.3) is 0 Å². The quantitative estimate of drug-likeness (QED) is 0.767. The summed E-state index contributed by atoms with van der Waals surface area (Å²) in [5, 5.41) is 0.797. The Bertz CT molecular complexity index is 557. The van der Waals surface area contributed by atoms with Crippen LogP contribution in [-0.2, 0) is 10.8 Å². The van der Waals surface area contributed by atoms with Gasteiger partial charge in [-0.2, -0.15) is 0 Å². The van der Waals surface area contributed by atoms with Crippen LogP contribution in [0, 0.1) is 0 Å². The molecule has 0 fully saturated rings. The van der Waals surface area contributed by atoms with Crippen molar-refractivity contribution in [2.45, 2.75) is 13.3 Å². The van der Waals surface area contributed by atoms with Gasteiger partial charge in [-0.3, -0.25) is 9.00 Å². The number of rotatable bonds is 5. The molecule has 0 saturated carbocycles. The first kappa shape index (κ1) is 12.0. The molecule has 3 nitrogen and oxygen atoms in total. The Morgan fingerprint density at radius 3 is 2.88 bits per heavy atom. The van der Waals surface area contributed by atoms with Crippen molar-refractivity contribution in [1.82, 2.24) is 0 Å². The Labute approximate surface area is 102 Å². The molecule has 1 unspecified atom stereocenters. The SMILES string of the molecule is CCCS(=O)CC(=O)c1coc2ccccc12. The maximum atomic E-state index is 12.0. The summed E-state index contributed by atoms with van der Waals surface area (Å²) in [4.78, 5) is 12.0. The van der Waals surface area contributed by atoms with E-state index < -0.39 is 10.8 Å². The lowest BCUT2D eigenvalue weighted by Crippen LogP contribution is -2.12. The van der Waals surface area contributed by atoms with E-state index in [1.54, 1.807) is 0 Å². The highest BCUT2D eigenvalue weighted by Crippen LogP contribution is 2.21. The molecule has 2 aromatic rings. The Balaban J connectivity index is 2.22. The molecular formula is C13H14O3S. The molecule has 1 aromatic heterocycles. The summed E-state index contributed by atoms with van der Waals surface area (Å²) < 4.78 is 16.8. The number of carbonyl (C=O) groups is 1. The summed E-state index contributed by atoms with van der Waals surface area (Å²) in [5.74, 6) is 0.542. The fourth-order valence-corrected chi connectivity index (χ4v) is 2.77. The van der Waals surface area contributed by atoms with Gasteiger partial charge in [0.2, 0.25) is 0 Å². The first-order valence-corrected chi connectivity index (χ1v) is 7.05. The Hall–Kier alpha value is -1.42. The molecule has 0 saturated heterocycles. The number of fused-ring (bicyclic) bond motifs is 1. The molecule has 0 radical (unpaired) electrons. The van der Waals surface area contributed by atoms with Crippen molar-refractivity contribution in [2.24, 2.45) is 0 Å². The summed E-state index contributed by atoms with van der Waals surface area (Å²) in [6.45, 7) is 1.95. The first-order chi connectivity index (χ1) is 8.22. The van der Waals surface area contributed by atoms with Crippen LogP contribution in [0.2, 0.25) is 0 Å². The summed E-state index contributed by atoms with van der Waals surface area (Å²) in [7, 11) is -1.07. The Morgan fingerprint density at radius 2 is 2.12 bits per heavy atom. The van der Waals surface area contributed by atoms with E-state index in [0.29, 0.717) is 16.9 Å². The molecular weight excluding hydrogens is 236 g/mol. The number of hydrogen-bond acceptors (Lipinski definition) is 3. The van der Waals surface area contributed by atoms with Crippen molar-refractivity contribution in [1.29, 1.82) is 0 Å². The van der Waals surface area contributed by atoms with Crippen LogP contribution in [-0.4, -0.2) is 21.5 Å². The van der Waals surface area contributed by atoms with Gasteiger partial charge in [-0.15, -0.1) is 0 Å². The van der Waals surface area contributed by atoms with E-state index >= 15 is 0 Å². The Morgan fingerprint density at radius 1 is 1.35 bits per heavy atom. The number of carbonyl (C=O) groups excluding carboxylic acids is 1. The van der Waals surface area contributed by atoms with Crippen LogP contribution in [0.1, 0.15) is 23.7 Å². The molecule has 1 atom stereocenters. The molecule has 0 aliphatic carbocycles. The largest absolute Gasteiger partial charge is 0.464 e. The van der Waals surface area contributed by atoms with Crippen LogP contribution in [0.4, 0.5) is 0 Å². The van der Waals surface area contributed by atoms with Crippen LogP contribution >= 0.6 is 0 Å². The van der Waals surface area contributed by atoms with E-state index in [9.17, 15) is 9.00 Å². The van der Waals surface area contributed by atoms with Crippen molar-refractivity contribution in [3.63, 3.8) is 0 Å². The molecule has 90 valence electrons. The third kappa shape index (κ3) is 2.64. The van der Waals surface area contributed by atoms with E-state index in [0.717, 1.165) is 11.8 Å². The fourth-order valence-electron chi connectivity index (χ4n) is 1.72. The molecule has 0 spiro atoms. The molecule has 17 heavy (non-hydrogen) atoms. The average molecular weight is 250 g/mol. The number of Topliss-reactive ketones (excluding diaryl/α,β-unsaturated/α-hetero) is 1. The fraction of sp³-hybridized carbons (Fsp3) is 0.308. The van der Waals surface area contributed by atoms with E-state index in [-0.39, 0.29) is 11.5 Å². The first-order valence-electron chi connectivity index (χ1n) is 5.56. The van der Waals surface area contributed by atoms with Crippen LogP contribution < -0.4 is 0 Å². The van der Waals surface area contributed by atoms with E-state index in [4.69, 9.17) is 4.42 Å². The zero-order valence-electron chi connectivity index (χ0n) is 9.64. The molecule has 1 heterocycles. The number of furan rings is 1. The predicted molar refractivity (Wildman–Crippen MR) is 68.7 cm³/mol. The minimum atomic E-state index is -1.07. The topological polar surface area (TPSA) is 47.3 Å². The van der Waals surface area contributed by atoms with E-state index in [1.165, 1.54) is 6.26 Å². The molecule has 0 bridgehead atoms. The molecule has 0 aliphatic heterocycles. The summed E-state index contributed by atoms with van der Waals surface area (Å²) >= 11 is 0. The monoisotopic (exact) mass is 250 g/mol. The molecule has 1 aromatic carbocycles. The minimum Gasteiger partial charge on any atom is -0.464 e. The van der Waals surface area contributed by atoms with Gasteiger partial charge in [0.1, 0.15) is 11.8 Å². The normalized spacial score (nSPS) is 12.8. The lowest BCUT2D eigenvalue weighted by Gasteiger charge is -1.98. The van der Waals surface area contributed by atoms with Gasteiger partial charge in [-0.1, -0.05) is 25.1 Å². The second-order valence-electron chi connectivity index (χ2n) is 3.86. The van der Waals surface area contributed by atoms with Gasteiger partial charge in [0.05, 0.1) is 11.3 Å². The highest BCUT2D eigenvalue weighted by molar-refractivity contribution is 7.85. The van der Waals surface area contributed by atoms with Gasteiger partial charge < -0.3 is 4.42 Å². The zero-order chi connectivity index (χ0) is 12.3. The summed E-state index contributed by atoms with van der Waals surface area (Å²) in [5.41, 5.74) is 1.22. The highest BCUT2D eigenvalue weighted by Gasteiger charge is 2.15. The smallest absolute Gasteiger partial charge is 0.179 e. The van der Waals surface area contributed by atoms with Gasteiger partial charge >= 0.3 is 0 Å². The van der Waals surface area contributed by atoms with Gasteiger partial charge in [-0.25, -0.2) is 0 Å². The van der Waals surface area contributed by atoms with Crippen LogP contribution in [0.15, 0.2) is 34.9 Å². The molecule has 0 N–H and O–H groups in total. The third-order valence-electron chi connectivity index (χ3n) is 2.51. The number of benzene rings is 1. The third-order valence-corrected chi connectivity index (χ3v) is 3.95. The van der Waals surface area contributed by atoms with Gasteiger partial charge in [-0.05, 0) is 12.5 Å². The van der Waals surface area contributed by atoms with Crippen LogP contribution in [0.25, 0.3) is 11.0 Å². The standard InChI is InChI=1S/C13H14O3S/c1-2-7-17(15)9-12(14)11-8-16-13-6-4-3-5-10(11)13/h3-6,8H,2,7,9H2,1H3. The van der Waals surface area contributed by atoms with E-state index in [1.807, 2.05) is 31.2 Å². The van der Waals surface area contributed by atoms with Crippen molar-refractivity contribution >= 4 is 27.6 Å². The summed E-state index contributed by atoms with van der Waals surface area (Å²) in [6, 6.07) is 7.37. The summed E-state index contributed by atoms with van der Waals surface area (Å²) in [6.07, 6.45) is 2.28. The molecule has 0 amide bonds. The van der Waals surface area contributed by atoms with Crippen molar-refractivity contribution in [2.75, 3.05) is 11.5 Å². The lowest BCUT2D eigenvalue weighted by atomic mass is 10.1. The lowest BCUT2D eigenvalue weighted by molar-refractivity contribution is 0.102. The van der Waals surface area contributed by atoms with Crippen LogP contribution in [0.5, 0.6) is 0 Å². The molecule has 0 aliphatic rings. The maximum Gasteiger partial charge on any atom is 0.179 e. The average Bonchev–Trinajstić information content (AvgIpc) is 2.72. The predicted octanol–water partition coefficient (Wildman–Crippen LogP) is 2.77. The zero-order valence-corrected chi connectivity index (χ0v) is 10.5. The second kappa shape index (κ2) is 5.27. The van der Waals surface area contributed by atoms with Gasteiger partial charge in [0.15, 0.2) is 5.78 Å². The van der Waals surface area contributed by atoms with Gasteiger partial charge in [0, 0.05) is 21.9 Å². The second-order valence-corrected chi connectivity index (χ2v) is 5.43.